The molecule has 2 aromatic carbocycles. The number of rotatable bonds is 11. The normalized spacial score (nSPS) is 31.3. The molecule has 0 bridgehead atoms. The molecule has 7 unspecified atom stereocenters. The van der Waals surface area contributed by atoms with Crippen LogP contribution >= 0.6 is 0 Å². The van der Waals surface area contributed by atoms with Crippen LogP contribution in [0.25, 0.3) is 22.5 Å². The van der Waals surface area contributed by atoms with Crippen molar-refractivity contribution in [3.8, 4) is 0 Å². The van der Waals surface area contributed by atoms with E-state index >= 15 is 0 Å². The van der Waals surface area contributed by atoms with E-state index in [-0.39, 0.29) is 0 Å². The molecular weight excluding hydrogens is 585 g/mol. The fraction of sp³-hybridized carbons (Fsp3) is 0.636. The smallest absolute Gasteiger partial charge is 0.0448 e. The number of fused-ring (bicyclic) bond motifs is 9. The Morgan fingerprint density at radius 1 is 0.708 bits per heavy atom. The summed E-state index contributed by atoms with van der Waals surface area (Å²) in [5.74, 6) is 4.57. The molecule has 258 valence electrons. The number of likely N-dealkylation sites (tertiary alicyclic amines) is 1. The number of nitrogens with zero attached hydrogens (tertiary/aromatic N) is 2. The third-order valence-corrected chi connectivity index (χ3v) is 14.0. The van der Waals surface area contributed by atoms with Gasteiger partial charge in [0.1, 0.15) is 0 Å². The van der Waals surface area contributed by atoms with Gasteiger partial charge in [0.15, 0.2) is 0 Å². The third-order valence-electron chi connectivity index (χ3n) is 14.0. The lowest BCUT2D eigenvalue weighted by molar-refractivity contribution is -0.0890. The van der Waals surface area contributed by atoms with E-state index in [1.165, 1.54) is 155 Å². The Balaban J connectivity index is 0.787. The molecule has 48 heavy (non-hydrogen) atoms. The molecule has 4 fully saturated rings. The maximum Gasteiger partial charge on any atom is 0.0448 e. The van der Waals surface area contributed by atoms with Crippen molar-refractivity contribution in [2.75, 3.05) is 25.4 Å². The van der Waals surface area contributed by atoms with Crippen LogP contribution in [0.1, 0.15) is 116 Å². The van der Waals surface area contributed by atoms with E-state index < -0.39 is 0 Å². The summed E-state index contributed by atoms with van der Waals surface area (Å²) in [5, 5.41) is 5.10. The topological polar surface area (TPSA) is 58.5 Å². The Labute approximate surface area is 290 Å². The van der Waals surface area contributed by atoms with Crippen LogP contribution in [0.4, 0.5) is 5.69 Å². The fourth-order valence-electron chi connectivity index (χ4n) is 11.7. The van der Waals surface area contributed by atoms with Crippen LogP contribution in [0.5, 0.6) is 0 Å². The lowest BCUT2D eigenvalue weighted by atomic mass is 9.53. The average Bonchev–Trinajstić information content (AvgIpc) is 3.13. The summed E-state index contributed by atoms with van der Waals surface area (Å²) in [4.78, 5) is 5.56. The van der Waals surface area contributed by atoms with Gasteiger partial charge in [-0.05, 0) is 116 Å². The van der Waals surface area contributed by atoms with Crippen molar-refractivity contribution in [3.63, 3.8) is 0 Å². The van der Waals surface area contributed by atoms with E-state index in [1.807, 2.05) is 0 Å². The number of hydrogen-bond acceptors (Lipinski definition) is 4. The molecule has 0 radical (unpaired) electrons. The first-order chi connectivity index (χ1) is 23.7. The Hall–Kier alpha value is -2.56. The van der Waals surface area contributed by atoms with Gasteiger partial charge in [-0.1, -0.05) is 101 Å². The lowest BCUT2D eigenvalue weighted by Crippen LogP contribution is -2.61. The van der Waals surface area contributed by atoms with Crippen molar-refractivity contribution in [3.05, 3.63) is 64.7 Å². The minimum atomic E-state index is 0.491. The van der Waals surface area contributed by atoms with E-state index in [9.17, 15) is 0 Å². The number of anilines is 1. The summed E-state index contributed by atoms with van der Waals surface area (Å²) in [7, 11) is 0. The molecule has 4 aliphatic carbocycles. The van der Waals surface area contributed by atoms with Gasteiger partial charge < -0.3 is 16.4 Å². The minimum absolute atomic E-state index is 0.491. The summed E-state index contributed by atoms with van der Waals surface area (Å²) in [6, 6.07) is 12.2. The predicted octanol–water partition coefficient (Wildman–Crippen LogP) is 8.24. The van der Waals surface area contributed by atoms with E-state index in [2.05, 4.69) is 64.6 Å². The Kier molecular flexibility index (Phi) is 10.0. The third kappa shape index (κ3) is 6.41. The van der Waals surface area contributed by atoms with Gasteiger partial charge >= 0.3 is 0 Å². The van der Waals surface area contributed by atoms with Gasteiger partial charge in [0.05, 0.1) is 0 Å². The van der Waals surface area contributed by atoms with Crippen molar-refractivity contribution in [2.45, 2.75) is 128 Å². The predicted molar refractivity (Wildman–Crippen MR) is 203 cm³/mol. The summed E-state index contributed by atoms with van der Waals surface area (Å²) >= 11 is 0. The van der Waals surface area contributed by atoms with Crippen LogP contribution in [0.2, 0.25) is 0 Å². The van der Waals surface area contributed by atoms with Crippen molar-refractivity contribution in [1.82, 2.24) is 9.80 Å². The molecule has 6 aliphatic rings. The highest BCUT2D eigenvalue weighted by Crippen LogP contribution is 2.53. The first-order valence-corrected chi connectivity index (χ1v) is 20.3. The minimum Gasteiger partial charge on any atom is -0.398 e. The molecule has 4 nitrogen and oxygen atoms in total. The number of allylic oxidation sites excluding steroid dienone is 4. The molecule has 0 spiro atoms. The number of unbranched alkanes of at least 4 members (excludes halogenated alkanes) is 7. The fourth-order valence-corrected chi connectivity index (χ4v) is 11.7. The molecule has 3 saturated carbocycles. The van der Waals surface area contributed by atoms with E-state index in [0.717, 1.165) is 54.3 Å². The zero-order valence-electron chi connectivity index (χ0n) is 29.6. The molecule has 2 aromatic rings. The van der Waals surface area contributed by atoms with Crippen LogP contribution < -0.4 is 21.9 Å². The van der Waals surface area contributed by atoms with Crippen molar-refractivity contribution >= 4 is 28.2 Å². The highest BCUT2D eigenvalue weighted by Gasteiger charge is 2.52. The highest BCUT2D eigenvalue weighted by atomic mass is 15.2. The Morgan fingerprint density at radius 3 is 2.21 bits per heavy atom. The molecule has 0 aromatic heterocycles. The van der Waals surface area contributed by atoms with Crippen molar-refractivity contribution in [2.24, 2.45) is 35.3 Å². The SMILES string of the molecule is Nc1cc2c(c3ccccc13)=CN(CCCCCCCCCCN1CC3C4CCCCC4C(N)CC3C3CCCCC31)C1=CC=CCC=21. The van der Waals surface area contributed by atoms with E-state index in [1.54, 1.807) is 0 Å². The van der Waals surface area contributed by atoms with Crippen molar-refractivity contribution < 1.29 is 0 Å². The van der Waals surface area contributed by atoms with Gasteiger partial charge in [0, 0.05) is 53.4 Å². The maximum atomic E-state index is 6.89. The summed E-state index contributed by atoms with van der Waals surface area (Å²) in [6.07, 6.45) is 34.1. The second kappa shape index (κ2) is 14.7. The summed E-state index contributed by atoms with van der Waals surface area (Å²) in [6.45, 7) is 3.85. The molecule has 4 heteroatoms. The van der Waals surface area contributed by atoms with E-state index in [4.69, 9.17) is 11.5 Å². The number of nitrogens with two attached hydrogens (primary N) is 2. The van der Waals surface area contributed by atoms with E-state index in [0.29, 0.717) is 6.04 Å². The number of hydrogen-bond donors (Lipinski definition) is 2. The first-order valence-electron chi connectivity index (χ1n) is 20.3. The van der Waals surface area contributed by atoms with Gasteiger partial charge in [-0.2, -0.15) is 0 Å². The van der Waals surface area contributed by atoms with Crippen LogP contribution in [0, 0.1) is 29.6 Å². The number of nitrogen functional groups attached to an aromatic ring is 1. The van der Waals surface area contributed by atoms with Gasteiger partial charge in [-0.3, -0.25) is 4.90 Å². The zero-order chi connectivity index (χ0) is 32.5. The largest absolute Gasteiger partial charge is 0.398 e. The lowest BCUT2D eigenvalue weighted by Gasteiger charge is -2.59. The van der Waals surface area contributed by atoms with Gasteiger partial charge in [-0.25, -0.2) is 0 Å². The van der Waals surface area contributed by atoms with Crippen LogP contribution in [0.15, 0.2) is 54.3 Å². The zero-order valence-corrected chi connectivity index (χ0v) is 29.6. The molecule has 0 amide bonds. The first kappa shape index (κ1) is 32.6. The van der Waals surface area contributed by atoms with Gasteiger partial charge in [-0.15, -0.1) is 0 Å². The van der Waals surface area contributed by atoms with Crippen molar-refractivity contribution in [1.29, 1.82) is 0 Å². The average molecular weight is 647 g/mol. The van der Waals surface area contributed by atoms with Crippen LogP contribution in [-0.4, -0.2) is 41.5 Å². The molecule has 2 heterocycles. The van der Waals surface area contributed by atoms with Crippen LogP contribution in [0.3, 0.4) is 0 Å². The standard InChI is InChI=1S/C44H62N4/c45-41-27-37-35-21-11-13-23-43(35)47(29-39(37)31-17-7-9-19-33(31)41)25-15-5-3-1-2-4-6-16-26-48-30-40-32-18-8-10-20-34(32)42(46)28-38(40)36-22-12-14-24-44(36)48/h7,9,11,13,17,19,23,27,29,32,34,36,38,40,42,44H,1-6,8,10,12,14-16,18,20-22,24-26,28,30,45-46H2. The van der Waals surface area contributed by atoms with Crippen LogP contribution in [-0.2, 0) is 0 Å². The quantitative estimate of drug-likeness (QED) is 0.191. The van der Waals surface area contributed by atoms with Gasteiger partial charge in [0.2, 0.25) is 0 Å². The Morgan fingerprint density at radius 2 is 1.40 bits per heavy atom. The summed E-state index contributed by atoms with van der Waals surface area (Å²) < 4.78 is 0. The molecular formula is C44H62N4. The Bertz CT molecular complexity index is 1620. The molecule has 2 aliphatic heterocycles. The summed E-state index contributed by atoms with van der Waals surface area (Å²) in [5.41, 5.74) is 17.1. The second-order valence-corrected chi connectivity index (χ2v) is 16.6. The van der Waals surface area contributed by atoms with Gasteiger partial charge in [0.25, 0.3) is 0 Å². The second-order valence-electron chi connectivity index (χ2n) is 16.6. The molecule has 4 N–H and O–H groups in total. The number of piperidine rings is 1. The molecule has 1 saturated heterocycles. The monoisotopic (exact) mass is 646 g/mol. The maximum absolute atomic E-state index is 6.89. The highest BCUT2D eigenvalue weighted by molar-refractivity contribution is 5.95. The molecule has 7 atom stereocenters. The molecule has 8 rings (SSSR count). The number of benzene rings is 2.